The highest BCUT2D eigenvalue weighted by molar-refractivity contribution is 5.85. The van der Waals surface area contributed by atoms with Gasteiger partial charge in [-0.3, -0.25) is 0 Å². The Hall–Kier alpha value is -1.77. The summed E-state index contributed by atoms with van der Waals surface area (Å²) in [6.45, 7) is 3.25. The minimum Gasteiger partial charge on any atom is -0.478 e. The van der Waals surface area contributed by atoms with E-state index in [1.165, 1.54) is 24.9 Å². The zero-order chi connectivity index (χ0) is 13.4. The molecule has 0 amide bonds. The first kappa shape index (κ1) is 14.3. The Kier molecular flexibility index (Phi) is 5.98. The molecule has 0 heterocycles. The van der Waals surface area contributed by atoms with Crippen LogP contribution < -0.4 is 4.90 Å². The van der Waals surface area contributed by atoms with E-state index < -0.39 is 5.97 Å². The van der Waals surface area contributed by atoms with E-state index in [1.54, 1.807) is 6.08 Å². The average Bonchev–Trinajstić information content (AvgIpc) is 2.37. The third-order valence-electron chi connectivity index (χ3n) is 2.85. The lowest BCUT2D eigenvalue weighted by Gasteiger charge is -2.19. The predicted octanol–water partition coefficient (Wildman–Crippen LogP) is 3.41. The number of nitrogens with zero attached hydrogens (tertiary/aromatic N) is 1. The number of anilines is 1. The molecule has 1 N–H and O–H groups in total. The van der Waals surface area contributed by atoms with Crippen LogP contribution in [0.4, 0.5) is 5.69 Å². The van der Waals surface area contributed by atoms with Crippen LogP contribution in [0.15, 0.2) is 30.3 Å². The Morgan fingerprint density at radius 2 is 1.94 bits per heavy atom. The number of aliphatic carboxylic acids is 1. The summed E-state index contributed by atoms with van der Waals surface area (Å²) in [4.78, 5) is 12.6. The van der Waals surface area contributed by atoms with Crippen LogP contribution in [0.2, 0.25) is 0 Å². The highest BCUT2D eigenvalue weighted by Crippen LogP contribution is 2.15. The smallest absolute Gasteiger partial charge is 0.328 e. The van der Waals surface area contributed by atoms with Crippen LogP contribution in [0.1, 0.15) is 31.7 Å². The lowest BCUT2D eigenvalue weighted by molar-refractivity contribution is -0.131. The van der Waals surface area contributed by atoms with Gasteiger partial charge in [0, 0.05) is 25.4 Å². The number of carboxylic acid groups (broad SMARTS) is 1. The van der Waals surface area contributed by atoms with Crippen molar-refractivity contribution in [1.82, 2.24) is 0 Å². The molecule has 0 bridgehead atoms. The molecule has 0 unspecified atom stereocenters. The van der Waals surface area contributed by atoms with Gasteiger partial charge < -0.3 is 10.0 Å². The molecule has 1 rings (SSSR count). The van der Waals surface area contributed by atoms with Crippen LogP contribution in [0, 0.1) is 0 Å². The molecule has 0 aliphatic rings. The zero-order valence-electron chi connectivity index (χ0n) is 11.1. The fourth-order valence-electron chi connectivity index (χ4n) is 1.74. The SMILES string of the molecule is CCCCCN(C)c1ccc(/C=C/C(=O)O)cc1. The second-order valence-corrected chi connectivity index (χ2v) is 4.39. The van der Waals surface area contributed by atoms with E-state index in [-0.39, 0.29) is 0 Å². The summed E-state index contributed by atoms with van der Waals surface area (Å²) in [5.74, 6) is -0.921. The minimum atomic E-state index is -0.921. The van der Waals surface area contributed by atoms with Crippen molar-refractivity contribution in [2.45, 2.75) is 26.2 Å². The summed E-state index contributed by atoms with van der Waals surface area (Å²) in [7, 11) is 2.08. The molecule has 18 heavy (non-hydrogen) atoms. The van der Waals surface area contributed by atoms with Crippen LogP contribution in [0.5, 0.6) is 0 Å². The van der Waals surface area contributed by atoms with Crippen LogP contribution in [0.25, 0.3) is 6.08 Å². The molecule has 0 fully saturated rings. The van der Waals surface area contributed by atoms with Gasteiger partial charge in [-0.25, -0.2) is 4.79 Å². The van der Waals surface area contributed by atoms with Crippen molar-refractivity contribution in [2.24, 2.45) is 0 Å². The number of carbonyl (C=O) groups is 1. The first-order chi connectivity index (χ1) is 8.63. The number of carboxylic acids is 1. The summed E-state index contributed by atoms with van der Waals surface area (Å²) < 4.78 is 0. The van der Waals surface area contributed by atoms with Gasteiger partial charge in [0.1, 0.15) is 0 Å². The summed E-state index contributed by atoms with van der Waals surface area (Å²) >= 11 is 0. The van der Waals surface area contributed by atoms with Gasteiger partial charge in [0.2, 0.25) is 0 Å². The van der Waals surface area contributed by atoms with Crippen LogP contribution in [0.3, 0.4) is 0 Å². The second-order valence-electron chi connectivity index (χ2n) is 4.39. The van der Waals surface area contributed by atoms with Crippen molar-refractivity contribution >= 4 is 17.7 Å². The number of unbranched alkanes of at least 4 members (excludes halogenated alkanes) is 2. The van der Waals surface area contributed by atoms with Crippen molar-refractivity contribution in [3.05, 3.63) is 35.9 Å². The quantitative estimate of drug-likeness (QED) is 0.593. The standard InChI is InChI=1S/C15H21NO2/c1-3-4-5-12-16(2)14-9-6-13(7-10-14)8-11-15(17)18/h6-11H,3-5,12H2,1-2H3,(H,17,18)/b11-8+. The van der Waals surface area contributed by atoms with Gasteiger partial charge in [0.15, 0.2) is 0 Å². The van der Waals surface area contributed by atoms with Crippen molar-refractivity contribution in [1.29, 1.82) is 0 Å². The zero-order valence-corrected chi connectivity index (χ0v) is 11.1. The predicted molar refractivity (Wildman–Crippen MR) is 75.9 cm³/mol. The fraction of sp³-hybridized carbons (Fsp3) is 0.400. The van der Waals surface area contributed by atoms with Gasteiger partial charge in [0.05, 0.1) is 0 Å². The molecule has 0 spiro atoms. The first-order valence-electron chi connectivity index (χ1n) is 6.35. The minimum absolute atomic E-state index is 0.906. The molecule has 1 aromatic rings. The Morgan fingerprint density at radius 3 is 2.50 bits per heavy atom. The lowest BCUT2D eigenvalue weighted by atomic mass is 10.1. The number of benzene rings is 1. The molecular formula is C15H21NO2. The molecule has 0 aromatic heterocycles. The molecular weight excluding hydrogens is 226 g/mol. The summed E-state index contributed by atoms with van der Waals surface area (Å²) in [6, 6.07) is 7.91. The molecule has 0 saturated heterocycles. The normalized spacial score (nSPS) is 10.8. The van der Waals surface area contributed by atoms with Crippen molar-refractivity contribution < 1.29 is 9.90 Å². The second kappa shape index (κ2) is 7.54. The molecule has 3 nitrogen and oxygen atoms in total. The third kappa shape index (κ3) is 5.04. The molecule has 0 aliphatic carbocycles. The first-order valence-corrected chi connectivity index (χ1v) is 6.35. The largest absolute Gasteiger partial charge is 0.478 e. The molecule has 3 heteroatoms. The fourth-order valence-corrected chi connectivity index (χ4v) is 1.74. The van der Waals surface area contributed by atoms with Gasteiger partial charge in [-0.1, -0.05) is 31.9 Å². The lowest BCUT2D eigenvalue weighted by Crippen LogP contribution is -2.18. The van der Waals surface area contributed by atoms with Gasteiger partial charge >= 0.3 is 5.97 Å². The van der Waals surface area contributed by atoms with E-state index in [2.05, 4.69) is 18.9 Å². The Balaban J connectivity index is 2.56. The van der Waals surface area contributed by atoms with Crippen LogP contribution in [-0.2, 0) is 4.79 Å². The highest BCUT2D eigenvalue weighted by Gasteiger charge is 1.99. The van der Waals surface area contributed by atoms with E-state index in [0.29, 0.717) is 0 Å². The maximum Gasteiger partial charge on any atom is 0.328 e. The van der Waals surface area contributed by atoms with Gasteiger partial charge in [0.25, 0.3) is 0 Å². The molecule has 98 valence electrons. The summed E-state index contributed by atoms with van der Waals surface area (Å²) in [5, 5.41) is 8.54. The van der Waals surface area contributed by atoms with Gasteiger partial charge in [-0.15, -0.1) is 0 Å². The van der Waals surface area contributed by atoms with E-state index in [0.717, 1.165) is 18.2 Å². The molecule has 0 aliphatic heterocycles. The van der Waals surface area contributed by atoms with Gasteiger partial charge in [-0.05, 0) is 30.2 Å². The number of rotatable bonds is 7. The monoisotopic (exact) mass is 247 g/mol. The third-order valence-corrected chi connectivity index (χ3v) is 2.85. The van der Waals surface area contributed by atoms with Crippen molar-refractivity contribution in [2.75, 3.05) is 18.5 Å². The number of hydrogen-bond acceptors (Lipinski definition) is 2. The molecule has 0 atom stereocenters. The topological polar surface area (TPSA) is 40.5 Å². The van der Waals surface area contributed by atoms with Crippen LogP contribution >= 0.6 is 0 Å². The Bertz CT molecular complexity index is 395. The maximum atomic E-state index is 10.4. The molecule has 0 saturated carbocycles. The highest BCUT2D eigenvalue weighted by atomic mass is 16.4. The van der Waals surface area contributed by atoms with Crippen molar-refractivity contribution in [3.8, 4) is 0 Å². The number of hydrogen-bond donors (Lipinski definition) is 1. The van der Waals surface area contributed by atoms with E-state index in [4.69, 9.17) is 5.11 Å². The van der Waals surface area contributed by atoms with Crippen LogP contribution in [-0.4, -0.2) is 24.7 Å². The summed E-state index contributed by atoms with van der Waals surface area (Å²) in [6.07, 6.45) is 6.44. The molecule has 0 radical (unpaired) electrons. The van der Waals surface area contributed by atoms with Gasteiger partial charge in [-0.2, -0.15) is 0 Å². The Morgan fingerprint density at radius 1 is 1.28 bits per heavy atom. The molecule has 1 aromatic carbocycles. The Labute approximate surface area is 109 Å². The van der Waals surface area contributed by atoms with E-state index >= 15 is 0 Å². The maximum absolute atomic E-state index is 10.4. The van der Waals surface area contributed by atoms with E-state index in [1.807, 2.05) is 24.3 Å². The average molecular weight is 247 g/mol. The van der Waals surface area contributed by atoms with Crippen molar-refractivity contribution in [3.63, 3.8) is 0 Å². The summed E-state index contributed by atoms with van der Waals surface area (Å²) in [5.41, 5.74) is 2.07. The van der Waals surface area contributed by atoms with E-state index in [9.17, 15) is 4.79 Å².